The van der Waals surface area contributed by atoms with Gasteiger partial charge in [0.2, 0.25) is 15.9 Å². The quantitative estimate of drug-likeness (QED) is 0.720. The summed E-state index contributed by atoms with van der Waals surface area (Å²) in [5, 5.41) is 2.70. The molecular formula is C19H24N2O5S. The molecule has 0 radical (unpaired) electrons. The Kier molecular flexibility index (Phi) is 6.81. The second-order valence-corrected chi connectivity index (χ2v) is 7.61. The monoisotopic (exact) mass is 392 g/mol. The standard InChI is InChI=1S/C19H24N2O5S/c1-5-14-6-8-15(9-7-14)20-19(22)13(2)21-27(23,24)16-10-11-17(25-3)18(12-16)26-4/h6-13,21H,5H2,1-4H3,(H,20,22)/t13-/m1/s1. The van der Waals surface area contributed by atoms with Crippen molar-refractivity contribution >= 4 is 21.6 Å². The summed E-state index contributed by atoms with van der Waals surface area (Å²) in [7, 11) is -1.03. The number of hydrogen-bond acceptors (Lipinski definition) is 5. The molecule has 2 aromatic rings. The molecule has 0 heterocycles. The van der Waals surface area contributed by atoms with Crippen LogP contribution in [-0.4, -0.2) is 34.6 Å². The molecule has 0 aliphatic rings. The van der Waals surface area contributed by atoms with Crippen LogP contribution >= 0.6 is 0 Å². The number of nitrogens with one attached hydrogen (secondary N) is 2. The Labute approximate surface area is 159 Å². The van der Waals surface area contributed by atoms with Gasteiger partial charge in [-0.2, -0.15) is 4.72 Å². The number of anilines is 1. The van der Waals surface area contributed by atoms with Crippen LogP contribution in [0.4, 0.5) is 5.69 Å². The number of carbonyl (C=O) groups excluding carboxylic acids is 1. The Morgan fingerprint density at radius 3 is 2.22 bits per heavy atom. The highest BCUT2D eigenvalue weighted by Gasteiger charge is 2.23. The predicted molar refractivity (Wildman–Crippen MR) is 104 cm³/mol. The summed E-state index contributed by atoms with van der Waals surface area (Å²) >= 11 is 0. The van der Waals surface area contributed by atoms with Gasteiger partial charge in [0.25, 0.3) is 0 Å². The second-order valence-electron chi connectivity index (χ2n) is 5.90. The highest BCUT2D eigenvalue weighted by Crippen LogP contribution is 2.29. The third-order valence-corrected chi connectivity index (χ3v) is 5.56. The van der Waals surface area contributed by atoms with E-state index >= 15 is 0 Å². The Hall–Kier alpha value is -2.58. The summed E-state index contributed by atoms with van der Waals surface area (Å²) in [6.07, 6.45) is 0.899. The van der Waals surface area contributed by atoms with Crippen LogP contribution in [-0.2, 0) is 21.2 Å². The van der Waals surface area contributed by atoms with Crippen molar-refractivity contribution in [3.05, 3.63) is 48.0 Å². The lowest BCUT2D eigenvalue weighted by molar-refractivity contribution is -0.117. The summed E-state index contributed by atoms with van der Waals surface area (Å²) < 4.78 is 37.7. The number of aryl methyl sites for hydroxylation is 1. The van der Waals surface area contributed by atoms with Crippen LogP contribution in [0.3, 0.4) is 0 Å². The van der Waals surface area contributed by atoms with Gasteiger partial charge in [-0.15, -0.1) is 0 Å². The maximum absolute atomic E-state index is 12.6. The Morgan fingerprint density at radius 2 is 1.67 bits per heavy atom. The van der Waals surface area contributed by atoms with Crippen LogP contribution in [0.2, 0.25) is 0 Å². The number of hydrogen-bond donors (Lipinski definition) is 2. The van der Waals surface area contributed by atoms with Gasteiger partial charge in [0.05, 0.1) is 25.2 Å². The van der Waals surface area contributed by atoms with Gasteiger partial charge in [-0.3, -0.25) is 4.79 Å². The first-order chi connectivity index (χ1) is 12.8. The number of sulfonamides is 1. The number of ether oxygens (including phenoxy) is 2. The van der Waals surface area contributed by atoms with Gasteiger partial charge in [0.15, 0.2) is 11.5 Å². The van der Waals surface area contributed by atoms with E-state index in [-0.39, 0.29) is 10.6 Å². The highest BCUT2D eigenvalue weighted by molar-refractivity contribution is 7.89. The molecule has 8 heteroatoms. The maximum atomic E-state index is 12.6. The van der Waals surface area contributed by atoms with Gasteiger partial charge in [0, 0.05) is 11.8 Å². The third-order valence-electron chi connectivity index (χ3n) is 4.02. The number of rotatable bonds is 8. The molecule has 0 saturated heterocycles. The average molecular weight is 392 g/mol. The first-order valence-electron chi connectivity index (χ1n) is 8.45. The van der Waals surface area contributed by atoms with Crippen LogP contribution < -0.4 is 19.5 Å². The van der Waals surface area contributed by atoms with Crippen molar-refractivity contribution in [3.8, 4) is 11.5 Å². The summed E-state index contributed by atoms with van der Waals surface area (Å²) in [5.41, 5.74) is 1.75. The molecule has 0 aromatic heterocycles. The predicted octanol–water partition coefficient (Wildman–Crippen LogP) is 2.57. The van der Waals surface area contributed by atoms with Gasteiger partial charge in [-0.1, -0.05) is 19.1 Å². The van der Waals surface area contributed by atoms with E-state index in [2.05, 4.69) is 10.0 Å². The van der Waals surface area contributed by atoms with Gasteiger partial charge >= 0.3 is 0 Å². The Bertz CT molecular complexity index is 895. The van der Waals surface area contributed by atoms with E-state index in [4.69, 9.17) is 9.47 Å². The first kappa shape index (κ1) is 20.7. The number of amides is 1. The molecule has 27 heavy (non-hydrogen) atoms. The fourth-order valence-electron chi connectivity index (χ4n) is 2.41. The fraction of sp³-hybridized carbons (Fsp3) is 0.316. The molecule has 0 unspecified atom stereocenters. The van der Waals surface area contributed by atoms with Crippen molar-refractivity contribution in [1.29, 1.82) is 0 Å². The molecule has 0 bridgehead atoms. The summed E-state index contributed by atoms with van der Waals surface area (Å²) in [4.78, 5) is 12.3. The Morgan fingerprint density at radius 1 is 1.04 bits per heavy atom. The average Bonchev–Trinajstić information content (AvgIpc) is 2.67. The first-order valence-corrected chi connectivity index (χ1v) is 9.93. The Balaban J connectivity index is 2.10. The van der Waals surface area contributed by atoms with E-state index in [1.165, 1.54) is 39.3 Å². The van der Waals surface area contributed by atoms with E-state index < -0.39 is 22.0 Å². The van der Waals surface area contributed by atoms with Gasteiger partial charge in [-0.25, -0.2) is 8.42 Å². The van der Waals surface area contributed by atoms with Crippen molar-refractivity contribution in [2.75, 3.05) is 19.5 Å². The fourth-order valence-corrected chi connectivity index (χ4v) is 3.63. The van der Waals surface area contributed by atoms with E-state index in [0.29, 0.717) is 11.4 Å². The zero-order valence-electron chi connectivity index (χ0n) is 15.8. The topological polar surface area (TPSA) is 93.7 Å². The molecule has 0 aliphatic carbocycles. The molecule has 0 spiro atoms. The molecule has 1 amide bonds. The lowest BCUT2D eigenvalue weighted by Gasteiger charge is -2.15. The maximum Gasteiger partial charge on any atom is 0.242 e. The number of carbonyl (C=O) groups is 1. The van der Waals surface area contributed by atoms with Gasteiger partial charge in [0.1, 0.15) is 0 Å². The highest BCUT2D eigenvalue weighted by atomic mass is 32.2. The molecule has 2 aromatic carbocycles. The van der Waals surface area contributed by atoms with E-state index in [0.717, 1.165) is 12.0 Å². The SMILES string of the molecule is CCc1ccc(NC(=O)[C@@H](C)NS(=O)(=O)c2ccc(OC)c(OC)c2)cc1. The van der Waals surface area contributed by atoms with Crippen LogP contribution in [0.25, 0.3) is 0 Å². The molecule has 7 nitrogen and oxygen atoms in total. The van der Waals surface area contributed by atoms with Crippen LogP contribution in [0.15, 0.2) is 47.4 Å². The minimum atomic E-state index is -3.91. The van der Waals surface area contributed by atoms with Crippen molar-refractivity contribution in [2.45, 2.75) is 31.2 Å². The van der Waals surface area contributed by atoms with Gasteiger partial charge < -0.3 is 14.8 Å². The molecule has 0 aliphatic heterocycles. The van der Waals surface area contributed by atoms with Crippen LogP contribution in [0, 0.1) is 0 Å². The van der Waals surface area contributed by atoms with Crippen molar-refractivity contribution in [1.82, 2.24) is 4.72 Å². The second kappa shape index (κ2) is 8.88. The van der Waals surface area contributed by atoms with E-state index in [1.807, 2.05) is 19.1 Å². The molecule has 1 atom stereocenters. The third kappa shape index (κ3) is 5.21. The smallest absolute Gasteiger partial charge is 0.242 e. The van der Waals surface area contributed by atoms with Crippen molar-refractivity contribution in [3.63, 3.8) is 0 Å². The van der Waals surface area contributed by atoms with Crippen LogP contribution in [0.1, 0.15) is 19.4 Å². The minimum Gasteiger partial charge on any atom is -0.493 e. The molecule has 0 fully saturated rings. The molecule has 0 saturated carbocycles. The van der Waals surface area contributed by atoms with Crippen LogP contribution in [0.5, 0.6) is 11.5 Å². The summed E-state index contributed by atoms with van der Waals surface area (Å²) in [6, 6.07) is 10.6. The van der Waals surface area contributed by atoms with Crippen molar-refractivity contribution in [2.24, 2.45) is 0 Å². The summed E-state index contributed by atoms with van der Waals surface area (Å²) in [6.45, 7) is 3.52. The van der Waals surface area contributed by atoms with E-state index in [9.17, 15) is 13.2 Å². The lowest BCUT2D eigenvalue weighted by atomic mass is 10.1. The number of methoxy groups -OCH3 is 2. The molecule has 146 valence electrons. The minimum absolute atomic E-state index is 0.0212. The molecule has 2 rings (SSSR count). The molecular weight excluding hydrogens is 368 g/mol. The number of benzene rings is 2. The normalized spacial score (nSPS) is 12.3. The van der Waals surface area contributed by atoms with E-state index in [1.54, 1.807) is 12.1 Å². The largest absolute Gasteiger partial charge is 0.493 e. The molecule has 2 N–H and O–H groups in total. The zero-order valence-corrected chi connectivity index (χ0v) is 16.6. The summed E-state index contributed by atoms with van der Waals surface area (Å²) in [5.74, 6) is 0.245. The van der Waals surface area contributed by atoms with Gasteiger partial charge in [-0.05, 0) is 43.2 Å². The van der Waals surface area contributed by atoms with Crippen molar-refractivity contribution < 1.29 is 22.7 Å². The lowest BCUT2D eigenvalue weighted by Crippen LogP contribution is -2.41. The zero-order chi connectivity index (χ0) is 20.0.